The first-order valence-electron chi connectivity index (χ1n) is 5.20. The van der Waals surface area contributed by atoms with Crippen LogP contribution in [0.4, 0.5) is 0 Å². The van der Waals surface area contributed by atoms with Crippen LogP contribution in [0, 0.1) is 4.77 Å². The van der Waals surface area contributed by atoms with Crippen LogP contribution in [0.3, 0.4) is 0 Å². The maximum Gasteiger partial charge on any atom is 0.263 e. The lowest BCUT2D eigenvalue weighted by molar-refractivity contribution is 0.674. The Labute approximate surface area is 111 Å². The minimum atomic E-state index is -0.109. The molecule has 0 aliphatic heterocycles. The zero-order valence-corrected chi connectivity index (χ0v) is 11.1. The van der Waals surface area contributed by atoms with Gasteiger partial charge >= 0.3 is 0 Å². The summed E-state index contributed by atoms with van der Waals surface area (Å²) in [5.41, 5.74) is -0.109. The average Bonchev–Trinajstić information content (AvgIpc) is 2.93. The number of aromatic nitrogens is 5. The first kappa shape index (κ1) is 11.3. The molecule has 6 nitrogen and oxygen atoms in total. The zero-order chi connectivity index (χ0) is 12.7. The molecule has 0 atom stereocenters. The second-order valence-corrected chi connectivity index (χ2v) is 5.12. The van der Waals surface area contributed by atoms with E-state index in [1.165, 1.54) is 15.9 Å². The summed E-state index contributed by atoms with van der Waals surface area (Å²) < 4.78 is 3.46. The molecule has 1 N–H and O–H groups in total. The Hall–Kier alpha value is -1.80. The molecule has 8 heteroatoms. The van der Waals surface area contributed by atoms with Gasteiger partial charge in [0.1, 0.15) is 11.2 Å². The number of nitrogens with zero attached hydrogens (tertiary/aromatic N) is 4. The number of aryl methyl sites for hydroxylation is 1. The van der Waals surface area contributed by atoms with Crippen molar-refractivity contribution in [3.8, 4) is 0 Å². The summed E-state index contributed by atoms with van der Waals surface area (Å²) in [5.74, 6) is 0.564. The molecule has 18 heavy (non-hydrogen) atoms. The van der Waals surface area contributed by atoms with Crippen LogP contribution in [0.25, 0.3) is 10.2 Å². The Bertz CT molecular complexity index is 825. The van der Waals surface area contributed by atoms with Gasteiger partial charge in [-0.05, 0) is 23.7 Å². The van der Waals surface area contributed by atoms with Crippen LogP contribution in [0.5, 0.6) is 0 Å². The molecule has 0 bridgehead atoms. The van der Waals surface area contributed by atoms with Gasteiger partial charge in [-0.3, -0.25) is 14.0 Å². The quantitative estimate of drug-likeness (QED) is 0.718. The summed E-state index contributed by atoms with van der Waals surface area (Å²) in [6.45, 7) is 0.279. The molecular formula is C10H9N5OS2. The minimum Gasteiger partial charge on any atom is -0.323 e. The van der Waals surface area contributed by atoms with Crippen LogP contribution in [-0.4, -0.2) is 24.3 Å². The van der Waals surface area contributed by atoms with Crippen molar-refractivity contribution in [2.75, 3.05) is 0 Å². The molecular weight excluding hydrogens is 270 g/mol. The van der Waals surface area contributed by atoms with Gasteiger partial charge in [0.05, 0.1) is 11.9 Å². The Morgan fingerprint density at radius 2 is 2.39 bits per heavy atom. The summed E-state index contributed by atoms with van der Waals surface area (Å²) in [4.78, 5) is 20.2. The second kappa shape index (κ2) is 4.14. The number of hydrogen-bond acceptors (Lipinski definition) is 5. The largest absolute Gasteiger partial charge is 0.323 e. The standard InChI is InChI=1S/C10H9N5OS2/c1-14-5-11-7(13-14)4-15-9(16)6-2-3-18-8(6)12-10(15)17/h2-3,5H,4H2,1H3,(H,12,17). The van der Waals surface area contributed by atoms with Gasteiger partial charge < -0.3 is 4.98 Å². The van der Waals surface area contributed by atoms with Crippen molar-refractivity contribution in [2.45, 2.75) is 6.54 Å². The van der Waals surface area contributed by atoms with Crippen molar-refractivity contribution in [1.29, 1.82) is 0 Å². The van der Waals surface area contributed by atoms with Crippen molar-refractivity contribution in [3.05, 3.63) is 38.7 Å². The van der Waals surface area contributed by atoms with E-state index in [1.54, 1.807) is 24.1 Å². The molecule has 0 aliphatic carbocycles. The predicted molar refractivity (Wildman–Crippen MR) is 71.4 cm³/mol. The summed E-state index contributed by atoms with van der Waals surface area (Å²) >= 11 is 6.65. The smallest absolute Gasteiger partial charge is 0.263 e. The number of H-pyrrole nitrogens is 1. The fraction of sp³-hybridized carbons (Fsp3) is 0.200. The molecule has 3 heterocycles. The second-order valence-electron chi connectivity index (χ2n) is 3.82. The maximum absolute atomic E-state index is 12.2. The third kappa shape index (κ3) is 1.79. The van der Waals surface area contributed by atoms with E-state index in [2.05, 4.69) is 15.1 Å². The van der Waals surface area contributed by atoms with Crippen molar-refractivity contribution in [1.82, 2.24) is 24.3 Å². The minimum absolute atomic E-state index is 0.109. The van der Waals surface area contributed by atoms with Crippen molar-refractivity contribution < 1.29 is 0 Å². The Morgan fingerprint density at radius 3 is 3.11 bits per heavy atom. The lowest BCUT2D eigenvalue weighted by Gasteiger charge is -2.03. The molecule has 0 aromatic carbocycles. The van der Waals surface area contributed by atoms with E-state index in [1.807, 2.05) is 5.38 Å². The number of nitrogens with one attached hydrogen (secondary N) is 1. The molecule has 0 radical (unpaired) electrons. The first-order chi connectivity index (χ1) is 8.65. The summed E-state index contributed by atoms with van der Waals surface area (Å²) in [6, 6.07) is 1.79. The van der Waals surface area contributed by atoms with Gasteiger partial charge in [0, 0.05) is 7.05 Å². The molecule has 0 amide bonds. The van der Waals surface area contributed by atoms with E-state index in [0.717, 1.165) is 4.83 Å². The van der Waals surface area contributed by atoms with Gasteiger partial charge in [0.2, 0.25) is 0 Å². The number of thiophene rings is 1. The van der Waals surface area contributed by atoms with Crippen LogP contribution in [-0.2, 0) is 13.6 Å². The van der Waals surface area contributed by atoms with Crippen LogP contribution >= 0.6 is 23.6 Å². The zero-order valence-electron chi connectivity index (χ0n) is 9.45. The van der Waals surface area contributed by atoms with E-state index >= 15 is 0 Å². The van der Waals surface area contributed by atoms with Crippen molar-refractivity contribution in [2.24, 2.45) is 7.05 Å². The van der Waals surface area contributed by atoms with Crippen LogP contribution in [0.2, 0.25) is 0 Å². The molecule has 92 valence electrons. The Kier molecular flexibility index (Phi) is 2.60. The molecule has 0 saturated carbocycles. The van der Waals surface area contributed by atoms with E-state index in [9.17, 15) is 4.79 Å². The van der Waals surface area contributed by atoms with Crippen molar-refractivity contribution >= 4 is 33.8 Å². The number of rotatable bonds is 2. The molecule has 0 aliphatic rings. The monoisotopic (exact) mass is 279 g/mol. The molecule has 0 spiro atoms. The van der Waals surface area contributed by atoms with Gasteiger partial charge in [-0.1, -0.05) is 0 Å². The first-order valence-corrected chi connectivity index (χ1v) is 6.49. The highest BCUT2D eigenvalue weighted by Crippen LogP contribution is 2.14. The summed E-state index contributed by atoms with van der Waals surface area (Å²) in [6.07, 6.45) is 1.59. The number of hydrogen-bond donors (Lipinski definition) is 1. The number of fused-ring (bicyclic) bond motifs is 1. The highest BCUT2D eigenvalue weighted by molar-refractivity contribution is 7.71. The molecule has 3 rings (SSSR count). The third-order valence-electron chi connectivity index (χ3n) is 2.55. The molecule has 3 aromatic rings. The van der Waals surface area contributed by atoms with Gasteiger partial charge in [0.25, 0.3) is 5.56 Å². The predicted octanol–water partition coefficient (Wildman–Crippen LogP) is 1.30. The molecule has 0 fully saturated rings. The van der Waals surface area contributed by atoms with Crippen LogP contribution in [0.15, 0.2) is 22.6 Å². The van der Waals surface area contributed by atoms with E-state index < -0.39 is 0 Å². The fourth-order valence-electron chi connectivity index (χ4n) is 1.72. The van der Waals surface area contributed by atoms with E-state index in [0.29, 0.717) is 16.0 Å². The summed E-state index contributed by atoms with van der Waals surface area (Å²) in [7, 11) is 1.78. The molecule has 0 unspecified atom stereocenters. The normalized spacial score (nSPS) is 11.2. The van der Waals surface area contributed by atoms with Gasteiger partial charge in [-0.25, -0.2) is 4.98 Å². The summed E-state index contributed by atoms with van der Waals surface area (Å²) in [5, 5.41) is 6.65. The molecule has 3 aromatic heterocycles. The lowest BCUT2D eigenvalue weighted by atomic mass is 10.4. The molecule has 0 saturated heterocycles. The average molecular weight is 279 g/mol. The van der Waals surface area contributed by atoms with Crippen molar-refractivity contribution in [3.63, 3.8) is 0 Å². The SMILES string of the molecule is Cn1cnc(Cn2c(=S)[nH]c3sccc3c2=O)n1. The topological polar surface area (TPSA) is 68.5 Å². The number of aromatic amines is 1. The Balaban J connectivity index is 2.17. The van der Waals surface area contributed by atoms with E-state index in [-0.39, 0.29) is 12.1 Å². The van der Waals surface area contributed by atoms with E-state index in [4.69, 9.17) is 12.2 Å². The highest BCUT2D eigenvalue weighted by Gasteiger charge is 2.08. The highest BCUT2D eigenvalue weighted by atomic mass is 32.1. The fourth-order valence-corrected chi connectivity index (χ4v) is 2.81. The lowest BCUT2D eigenvalue weighted by Crippen LogP contribution is -2.22. The maximum atomic E-state index is 12.2. The van der Waals surface area contributed by atoms with Gasteiger partial charge in [-0.2, -0.15) is 5.10 Å². The van der Waals surface area contributed by atoms with Crippen LogP contribution in [0.1, 0.15) is 5.82 Å². The van der Waals surface area contributed by atoms with Crippen LogP contribution < -0.4 is 5.56 Å². The van der Waals surface area contributed by atoms with Gasteiger partial charge in [-0.15, -0.1) is 11.3 Å². The Morgan fingerprint density at radius 1 is 1.56 bits per heavy atom. The van der Waals surface area contributed by atoms with Gasteiger partial charge in [0.15, 0.2) is 10.6 Å². The third-order valence-corrected chi connectivity index (χ3v) is 3.71.